The first-order chi connectivity index (χ1) is 11.6. The molecule has 2 aromatic carbocycles. The molecule has 0 saturated heterocycles. The third kappa shape index (κ3) is 3.79. The number of urea groups is 1. The van der Waals surface area contributed by atoms with E-state index < -0.39 is 0 Å². The number of nitrogens with one attached hydrogen (secondary N) is 1. The molecule has 0 heterocycles. The molecule has 1 saturated carbocycles. The maximum Gasteiger partial charge on any atom is 0.322 e. The van der Waals surface area contributed by atoms with Gasteiger partial charge in [0.05, 0.1) is 7.11 Å². The Hall–Kier alpha value is -2.69. The van der Waals surface area contributed by atoms with Crippen LogP contribution < -0.4 is 10.1 Å². The second kappa shape index (κ2) is 6.83. The summed E-state index contributed by atoms with van der Waals surface area (Å²) < 4.78 is 5.14. The van der Waals surface area contributed by atoms with Gasteiger partial charge in [-0.15, -0.1) is 0 Å². The fourth-order valence-electron chi connectivity index (χ4n) is 2.60. The zero-order valence-electron chi connectivity index (χ0n) is 14.0. The molecule has 2 amide bonds. The van der Waals surface area contributed by atoms with Gasteiger partial charge in [0.15, 0.2) is 11.5 Å². The molecule has 1 aliphatic carbocycles. The third-order valence-corrected chi connectivity index (χ3v) is 4.15. The Labute approximate surface area is 141 Å². The molecule has 0 bridgehead atoms. The molecule has 0 atom stereocenters. The Balaban J connectivity index is 1.72. The second-order valence-corrected chi connectivity index (χ2v) is 6.16. The highest BCUT2D eigenvalue weighted by atomic mass is 16.5. The SMILES string of the molecule is COc1cc(CN(C(=O)Nc2ccc(C)cc2)C2CC2)ccc1O. The van der Waals surface area contributed by atoms with Gasteiger partial charge in [0.25, 0.3) is 0 Å². The number of rotatable bonds is 5. The summed E-state index contributed by atoms with van der Waals surface area (Å²) in [5, 5.41) is 12.7. The van der Waals surface area contributed by atoms with Gasteiger partial charge in [0.1, 0.15) is 0 Å². The van der Waals surface area contributed by atoms with Crippen LogP contribution in [0, 0.1) is 6.92 Å². The summed E-state index contributed by atoms with van der Waals surface area (Å²) >= 11 is 0. The number of hydrogen-bond acceptors (Lipinski definition) is 3. The van der Waals surface area contributed by atoms with Crippen LogP contribution in [0.15, 0.2) is 42.5 Å². The molecule has 24 heavy (non-hydrogen) atoms. The van der Waals surface area contributed by atoms with Gasteiger partial charge >= 0.3 is 6.03 Å². The Morgan fingerprint density at radius 2 is 1.96 bits per heavy atom. The van der Waals surface area contributed by atoms with Crippen LogP contribution in [0.2, 0.25) is 0 Å². The Kier molecular flexibility index (Phi) is 4.60. The number of hydrogen-bond donors (Lipinski definition) is 2. The summed E-state index contributed by atoms with van der Waals surface area (Å²) in [4.78, 5) is 14.5. The zero-order valence-corrected chi connectivity index (χ0v) is 14.0. The van der Waals surface area contributed by atoms with Crippen molar-refractivity contribution in [2.75, 3.05) is 12.4 Å². The van der Waals surface area contributed by atoms with Gasteiger partial charge < -0.3 is 20.1 Å². The van der Waals surface area contributed by atoms with Crippen LogP contribution in [0.25, 0.3) is 0 Å². The van der Waals surface area contributed by atoms with Crippen LogP contribution >= 0.6 is 0 Å². The van der Waals surface area contributed by atoms with Gasteiger partial charge in [0, 0.05) is 18.3 Å². The van der Waals surface area contributed by atoms with Crippen molar-refractivity contribution >= 4 is 11.7 Å². The van der Waals surface area contributed by atoms with Crippen molar-refractivity contribution in [1.29, 1.82) is 0 Å². The van der Waals surface area contributed by atoms with Gasteiger partial charge in [-0.25, -0.2) is 4.79 Å². The van der Waals surface area contributed by atoms with Gasteiger partial charge in [0.2, 0.25) is 0 Å². The number of benzene rings is 2. The monoisotopic (exact) mass is 326 g/mol. The molecule has 0 unspecified atom stereocenters. The van der Waals surface area contributed by atoms with Gasteiger partial charge in [-0.2, -0.15) is 0 Å². The lowest BCUT2D eigenvalue weighted by Crippen LogP contribution is -2.36. The summed E-state index contributed by atoms with van der Waals surface area (Å²) in [6, 6.07) is 13.1. The normalized spacial score (nSPS) is 13.4. The van der Waals surface area contributed by atoms with E-state index in [1.807, 2.05) is 42.2 Å². The van der Waals surface area contributed by atoms with Crippen LogP contribution in [-0.4, -0.2) is 29.2 Å². The third-order valence-electron chi connectivity index (χ3n) is 4.15. The maximum atomic E-state index is 12.6. The van der Waals surface area contributed by atoms with E-state index in [0.717, 1.165) is 29.7 Å². The first-order valence-corrected chi connectivity index (χ1v) is 8.07. The van der Waals surface area contributed by atoms with Crippen LogP contribution in [-0.2, 0) is 6.54 Å². The zero-order chi connectivity index (χ0) is 17.1. The van der Waals surface area contributed by atoms with Crippen molar-refractivity contribution in [2.45, 2.75) is 32.4 Å². The van der Waals surface area contributed by atoms with E-state index in [1.54, 1.807) is 12.1 Å². The molecule has 5 nitrogen and oxygen atoms in total. The number of phenolic OH excluding ortho intramolecular Hbond substituents is 1. The van der Waals surface area contributed by atoms with Gasteiger partial charge in [-0.05, 0) is 49.6 Å². The lowest BCUT2D eigenvalue weighted by Gasteiger charge is -2.23. The summed E-state index contributed by atoms with van der Waals surface area (Å²) in [6.45, 7) is 2.50. The van der Waals surface area contributed by atoms with E-state index in [1.165, 1.54) is 7.11 Å². The molecule has 2 aromatic rings. The number of aromatic hydroxyl groups is 1. The molecule has 3 rings (SSSR count). The van der Waals surface area contributed by atoms with Crippen LogP contribution in [0.1, 0.15) is 24.0 Å². The molecular weight excluding hydrogens is 304 g/mol. The van der Waals surface area contributed by atoms with E-state index in [9.17, 15) is 9.90 Å². The lowest BCUT2D eigenvalue weighted by atomic mass is 10.2. The highest BCUT2D eigenvalue weighted by Gasteiger charge is 2.32. The standard InChI is InChI=1S/C19H22N2O3/c1-13-3-6-15(7-4-13)20-19(23)21(16-8-9-16)12-14-5-10-17(22)18(11-14)24-2/h3-7,10-11,16,22H,8-9,12H2,1-2H3,(H,20,23). The fraction of sp³-hybridized carbons (Fsp3) is 0.316. The number of carbonyl (C=O) groups excluding carboxylic acids is 1. The molecule has 1 aliphatic rings. The van der Waals surface area contributed by atoms with Gasteiger partial charge in [-0.3, -0.25) is 0 Å². The molecule has 0 radical (unpaired) electrons. The predicted molar refractivity (Wildman–Crippen MR) is 93.4 cm³/mol. The molecule has 2 N–H and O–H groups in total. The summed E-state index contributed by atoms with van der Waals surface area (Å²) in [5.74, 6) is 0.519. The van der Waals surface area contributed by atoms with E-state index >= 15 is 0 Å². The minimum atomic E-state index is -0.103. The van der Waals surface area contributed by atoms with Crippen molar-refractivity contribution in [1.82, 2.24) is 4.90 Å². The molecular formula is C19H22N2O3. The number of carbonyl (C=O) groups is 1. The number of phenols is 1. The second-order valence-electron chi connectivity index (χ2n) is 6.16. The number of anilines is 1. The van der Waals surface area contributed by atoms with Crippen LogP contribution in [0.5, 0.6) is 11.5 Å². The van der Waals surface area contributed by atoms with Crippen molar-refractivity contribution < 1.29 is 14.6 Å². The summed E-state index contributed by atoms with van der Waals surface area (Å²) in [6.07, 6.45) is 2.05. The van der Waals surface area contributed by atoms with Gasteiger partial charge in [-0.1, -0.05) is 23.8 Å². The van der Waals surface area contributed by atoms with E-state index in [-0.39, 0.29) is 17.8 Å². The molecule has 0 aromatic heterocycles. The van der Waals surface area contributed by atoms with Crippen molar-refractivity contribution in [3.63, 3.8) is 0 Å². The average Bonchev–Trinajstić information content (AvgIpc) is 3.41. The topological polar surface area (TPSA) is 61.8 Å². The van der Waals surface area contributed by atoms with E-state index in [4.69, 9.17) is 4.74 Å². The quantitative estimate of drug-likeness (QED) is 0.876. The molecule has 5 heteroatoms. The minimum Gasteiger partial charge on any atom is -0.504 e. The highest BCUT2D eigenvalue weighted by molar-refractivity contribution is 5.89. The average molecular weight is 326 g/mol. The van der Waals surface area contributed by atoms with E-state index in [0.29, 0.717) is 12.3 Å². The van der Waals surface area contributed by atoms with Crippen LogP contribution in [0.3, 0.4) is 0 Å². The maximum absolute atomic E-state index is 12.6. The molecule has 1 fully saturated rings. The summed E-state index contributed by atoms with van der Waals surface area (Å²) in [7, 11) is 1.52. The first kappa shape index (κ1) is 16.2. The number of aryl methyl sites for hydroxylation is 1. The smallest absolute Gasteiger partial charge is 0.322 e. The molecule has 0 spiro atoms. The largest absolute Gasteiger partial charge is 0.504 e. The fourth-order valence-corrected chi connectivity index (χ4v) is 2.60. The van der Waals surface area contributed by atoms with E-state index in [2.05, 4.69) is 5.32 Å². The highest BCUT2D eigenvalue weighted by Crippen LogP contribution is 2.31. The lowest BCUT2D eigenvalue weighted by molar-refractivity contribution is 0.206. The molecule has 126 valence electrons. The van der Waals surface area contributed by atoms with Crippen molar-refractivity contribution in [2.24, 2.45) is 0 Å². The molecule has 0 aliphatic heterocycles. The minimum absolute atomic E-state index is 0.100. The summed E-state index contributed by atoms with van der Waals surface area (Å²) in [5.41, 5.74) is 2.87. The predicted octanol–water partition coefficient (Wildman–Crippen LogP) is 3.91. The number of ether oxygens (including phenoxy) is 1. The number of methoxy groups -OCH3 is 1. The Morgan fingerprint density at radius 3 is 2.58 bits per heavy atom. The number of nitrogens with zero attached hydrogens (tertiary/aromatic N) is 1. The Bertz CT molecular complexity index is 724. The van der Waals surface area contributed by atoms with Crippen molar-refractivity contribution in [3.05, 3.63) is 53.6 Å². The van der Waals surface area contributed by atoms with Crippen molar-refractivity contribution in [3.8, 4) is 11.5 Å². The Morgan fingerprint density at radius 1 is 1.25 bits per heavy atom. The first-order valence-electron chi connectivity index (χ1n) is 8.07. The number of amides is 2. The van der Waals surface area contributed by atoms with Crippen LogP contribution in [0.4, 0.5) is 10.5 Å².